The summed E-state index contributed by atoms with van der Waals surface area (Å²) in [5, 5.41) is 9.30. The van der Waals surface area contributed by atoms with Crippen LogP contribution in [0.1, 0.15) is 16.1 Å². The third-order valence-electron chi connectivity index (χ3n) is 3.78. The Bertz CT molecular complexity index is 496. The topological polar surface area (TPSA) is 59.9 Å². The molecule has 1 N–H and O–H groups in total. The second-order valence-electron chi connectivity index (χ2n) is 5.76. The van der Waals surface area contributed by atoms with Crippen LogP contribution >= 0.6 is 0 Å². The predicted octanol–water partition coefficient (Wildman–Crippen LogP) is 0.772. The Hall–Kier alpha value is -1.66. The molecule has 1 aliphatic rings. The second kappa shape index (κ2) is 6.87. The molecule has 0 bridgehead atoms. The highest BCUT2D eigenvalue weighted by Gasteiger charge is 2.22. The molecule has 6 nitrogen and oxygen atoms in total. The number of carboxylic acid groups (broad SMARTS) is 1. The van der Waals surface area contributed by atoms with Gasteiger partial charge in [-0.1, -0.05) is 0 Å². The van der Waals surface area contributed by atoms with Gasteiger partial charge in [-0.05, 0) is 33.2 Å². The van der Waals surface area contributed by atoms with Crippen molar-refractivity contribution in [1.82, 2.24) is 14.8 Å². The van der Waals surface area contributed by atoms with Crippen molar-refractivity contribution in [2.45, 2.75) is 6.92 Å². The van der Waals surface area contributed by atoms with E-state index in [0.717, 1.165) is 45.0 Å². The quantitative estimate of drug-likeness (QED) is 0.865. The molecule has 2 rings (SSSR count). The minimum atomic E-state index is -0.910. The summed E-state index contributed by atoms with van der Waals surface area (Å²) in [6.07, 6.45) is 0. The third-order valence-corrected chi connectivity index (χ3v) is 3.78. The van der Waals surface area contributed by atoms with E-state index < -0.39 is 5.97 Å². The summed E-state index contributed by atoms with van der Waals surface area (Å²) in [5.74, 6) is -0.303. The summed E-state index contributed by atoms with van der Waals surface area (Å²) in [5.41, 5.74) is 1.15. The monoisotopic (exact) mass is 292 g/mol. The van der Waals surface area contributed by atoms with Crippen LogP contribution in [0.15, 0.2) is 12.1 Å². The van der Waals surface area contributed by atoms with Gasteiger partial charge in [-0.15, -0.1) is 0 Å². The zero-order valence-electron chi connectivity index (χ0n) is 13.0. The smallest absolute Gasteiger partial charge is 0.339 e. The van der Waals surface area contributed by atoms with Crippen LogP contribution in [-0.4, -0.2) is 79.2 Å². The number of rotatable bonds is 5. The van der Waals surface area contributed by atoms with E-state index in [-0.39, 0.29) is 0 Å². The van der Waals surface area contributed by atoms with Crippen molar-refractivity contribution in [1.29, 1.82) is 0 Å². The van der Waals surface area contributed by atoms with Crippen molar-refractivity contribution in [2.75, 3.05) is 58.3 Å². The van der Waals surface area contributed by atoms with E-state index in [0.29, 0.717) is 11.4 Å². The number of carboxylic acids is 1. The van der Waals surface area contributed by atoms with Crippen LogP contribution in [0.4, 0.5) is 5.82 Å². The number of aromatic carboxylic acids is 1. The molecule has 0 unspecified atom stereocenters. The van der Waals surface area contributed by atoms with Crippen molar-refractivity contribution in [3.8, 4) is 0 Å². The summed E-state index contributed by atoms with van der Waals surface area (Å²) in [6.45, 7) is 7.53. The molecule has 1 aliphatic heterocycles. The maximum atomic E-state index is 11.3. The molecule has 0 radical (unpaired) electrons. The molecule has 0 atom stereocenters. The number of aromatic nitrogens is 1. The lowest BCUT2D eigenvalue weighted by Gasteiger charge is -2.36. The van der Waals surface area contributed by atoms with Crippen LogP contribution in [0.5, 0.6) is 0 Å². The first-order valence-corrected chi connectivity index (χ1v) is 7.30. The lowest BCUT2D eigenvalue weighted by Crippen LogP contribution is -2.48. The third kappa shape index (κ3) is 4.15. The van der Waals surface area contributed by atoms with Gasteiger partial charge in [0.1, 0.15) is 11.4 Å². The number of carbonyl (C=O) groups is 1. The zero-order chi connectivity index (χ0) is 15.4. The van der Waals surface area contributed by atoms with Crippen LogP contribution in [0.2, 0.25) is 0 Å². The number of aryl methyl sites for hydroxylation is 1. The standard InChI is InChI=1S/C15H24N4O2/c1-12-4-5-13(15(20)21)14(16-12)19-10-8-18(9-11-19)7-6-17(2)3/h4-5H,6-11H2,1-3H3,(H,20,21). The predicted molar refractivity (Wildman–Crippen MR) is 83.1 cm³/mol. The number of piperazine rings is 1. The molecule has 21 heavy (non-hydrogen) atoms. The van der Waals surface area contributed by atoms with Crippen LogP contribution in [-0.2, 0) is 0 Å². The minimum absolute atomic E-state index is 0.294. The summed E-state index contributed by atoms with van der Waals surface area (Å²) in [6, 6.07) is 3.40. The van der Waals surface area contributed by atoms with E-state index in [9.17, 15) is 9.90 Å². The Labute approximate surface area is 126 Å². The molecule has 0 saturated carbocycles. The Balaban J connectivity index is 2.02. The van der Waals surface area contributed by atoms with Gasteiger partial charge in [-0.25, -0.2) is 9.78 Å². The van der Waals surface area contributed by atoms with Crippen LogP contribution < -0.4 is 4.90 Å². The van der Waals surface area contributed by atoms with Gasteiger partial charge in [0.2, 0.25) is 0 Å². The molecule has 1 aromatic heterocycles. The van der Waals surface area contributed by atoms with E-state index in [4.69, 9.17) is 0 Å². The lowest BCUT2D eigenvalue weighted by atomic mass is 10.2. The normalized spacial score (nSPS) is 16.5. The zero-order valence-corrected chi connectivity index (χ0v) is 13.0. The summed E-state index contributed by atoms with van der Waals surface area (Å²) in [4.78, 5) is 22.4. The average molecular weight is 292 g/mol. The summed E-state index contributed by atoms with van der Waals surface area (Å²) < 4.78 is 0. The van der Waals surface area contributed by atoms with E-state index >= 15 is 0 Å². The van der Waals surface area contributed by atoms with Gasteiger partial charge in [-0.2, -0.15) is 0 Å². The van der Waals surface area contributed by atoms with E-state index in [2.05, 4.69) is 33.8 Å². The highest BCUT2D eigenvalue weighted by atomic mass is 16.4. The Morgan fingerprint density at radius 2 is 1.95 bits per heavy atom. The lowest BCUT2D eigenvalue weighted by molar-refractivity contribution is 0.0697. The Morgan fingerprint density at radius 1 is 1.29 bits per heavy atom. The maximum absolute atomic E-state index is 11.3. The molecule has 6 heteroatoms. The number of hydrogen-bond donors (Lipinski definition) is 1. The fourth-order valence-corrected chi connectivity index (χ4v) is 2.48. The van der Waals surface area contributed by atoms with Crippen molar-refractivity contribution in [2.24, 2.45) is 0 Å². The van der Waals surface area contributed by atoms with Crippen molar-refractivity contribution < 1.29 is 9.90 Å². The molecule has 1 saturated heterocycles. The number of anilines is 1. The van der Waals surface area contributed by atoms with Gasteiger partial charge in [-0.3, -0.25) is 4.90 Å². The van der Waals surface area contributed by atoms with Gasteiger partial charge in [0.15, 0.2) is 0 Å². The first-order valence-electron chi connectivity index (χ1n) is 7.30. The minimum Gasteiger partial charge on any atom is -0.478 e. The van der Waals surface area contributed by atoms with Crippen molar-refractivity contribution >= 4 is 11.8 Å². The van der Waals surface area contributed by atoms with Gasteiger partial charge >= 0.3 is 5.97 Å². The number of nitrogens with zero attached hydrogens (tertiary/aromatic N) is 4. The van der Waals surface area contributed by atoms with Crippen LogP contribution in [0.25, 0.3) is 0 Å². The highest BCUT2D eigenvalue weighted by molar-refractivity contribution is 5.93. The maximum Gasteiger partial charge on any atom is 0.339 e. The van der Waals surface area contributed by atoms with Gasteiger partial charge < -0.3 is 14.9 Å². The van der Waals surface area contributed by atoms with Gasteiger partial charge in [0.05, 0.1) is 0 Å². The summed E-state index contributed by atoms with van der Waals surface area (Å²) in [7, 11) is 4.15. The molecule has 0 aromatic carbocycles. The molecule has 2 heterocycles. The summed E-state index contributed by atoms with van der Waals surface area (Å²) >= 11 is 0. The van der Waals surface area contributed by atoms with Crippen LogP contribution in [0.3, 0.4) is 0 Å². The largest absolute Gasteiger partial charge is 0.478 e. The average Bonchev–Trinajstić information content (AvgIpc) is 2.45. The Morgan fingerprint density at radius 3 is 2.52 bits per heavy atom. The molecule has 0 spiro atoms. The molecule has 0 aliphatic carbocycles. The molecule has 116 valence electrons. The van der Waals surface area contributed by atoms with E-state index in [1.807, 2.05) is 6.92 Å². The van der Waals surface area contributed by atoms with E-state index in [1.54, 1.807) is 12.1 Å². The number of likely N-dealkylation sites (N-methyl/N-ethyl adjacent to an activating group) is 1. The van der Waals surface area contributed by atoms with Crippen molar-refractivity contribution in [3.05, 3.63) is 23.4 Å². The molecular weight excluding hydrogens is 268 g/mol. The highest BCUT2D eigenvalue weighted by Crippen LogP contribution is 2.20. The molecule has 1 fully saturated rings. The number of pyridine rings is 1. The second-order valence-corrected chi connectivity index (χ2v) is 5.76. The first-order chi connectivity index (χ1) is 9.97. The van der Waals surface area contributed by atoms with Crippen LogP contribution in [0, 0.1) is 6.92 Å². The van der Waals surface area contributed by atoms with E-state index in [1.165, 1.54) is 0 Å². The fourth-order valence-electron chi connectivity index (χ4n) is 2.48. The Kier molecular flexibility index (Phi) is 5.14. The van der Waals surface area contributed by atoms with Gasteiger partial charge in [0, 0.05) is 45.0 Å². The SMILES string of the molecule is Cc1ccc(C(=O)O)c(N2CCN(CCN(C)C)CC2)n1. The molecular formula is C15H24N4O2. The number of hydrogen-bond acceptors (Lipinski definition) is 5. The molecule has 0 amide bonds. The van der Waals surface area contributed by atoms with Gasteiger partial charge in [0.25, 0.3) is 0 Å². The first kappa shape index (κ1) is 15.7. The van der Waals surface area contributed by atoms with Crippen molar-refractivity contribution in [3.63, 3.8) is 0 Å². The molecule has 1 aromatic rings. The fraction of sp³-hybridized carbons (Fsp3) is 0.600.